The van der Waals surface area contributed by atoms with E-state index < -0.39 is 0 Å². The molecule has 2 N–H and O–H groups in total. The zero-order valence-corrected chi connectivity index (χ0v) is 20.0. The van der Waals surface area contributed by atoms with Gasteiger partial charge in [0.1, 0.15) is 10.7 Å². The molecule has 0 unspecified atom stereocenters. The quantitative estimate of drug-likeness (QED) is 0.189. The molecule has 0 fully saturated rings. The van der Waals surface area contributed by atoms with Crippen molar-refractivity contribution in [2.24, 2.45) is 5.73 Å². The molecule has 0 saturated heterocycles. The Labute approximate surface area is 195 Å². The number of hydrogen-bond donors (Lipinski definition) is 1. The molecule has 0 radical (unpaired) electrons. The van der Waals surface area contributed by atoms with Crippen LogP contribution in [-0.2, 0) is 6.42 Å². The van der Waals surface area contributed by atoms with Crippen molar-refractivity contribution in [1.82, 2.24) is 0 Å². The lowest BCUT2D eigenvalue weighted by Gasteiger charge is -2.07. The van der Waals surface area contributed by atoms with Crippen LogP contribution in [0.2, 0.25) is 0 Å². The number of ether oxygens (including phenoxy) is 1. The highest BCUT2D eigenvalue weighted by molar-refractivity contribution is 7.80. The Hall–Kier alpha value is -1.87. The maximum Gasteiger partial charge on any atom is 0.119 e. The maximum atomic E-state index is 5.79. The third-order valence-corrected chi connectivity index (χ3v) is 6.10. The third kappa shape index (κ3) is 12.5. The second kappa shape index (κ2) is 16.8. The normalized spacial score (nSPS) is 10.8. The van der Waals surface area contributed by atoms with E-state index in [0.717, 1.165) is 24.3 Å². The van der Waals surface area contributed by atoms with Gasteiger partial charge in [0.2, 0.25) is 0 Å². The van der Waals surface area contributed by atoms with E-state index in [1.165, 1.54) is 89.0 Å². The Kier molecular flexibility index (Phi) is 13.7. The van der Waals surface area contributed by atoms with Crippen molar-refractivity contribution >= 4 is 17.2 Å². The van der Waals surface area contributed by atoms with E-state index in [2.05, 4.69) is 30.3 Å². The highest BCUT2D eigenvalue weighted by Crippen LogP contribution is 2.15. The van der Waals surface area contributed by atoms with Crippen molar-refractivity contribution in [3.63, 3.8) is 0 Å². The fourth-order valence-electron chi connectivity index (χ4n) is 3.93. The molecule has 0 aliphatic heterocycles. The molecule has 3 heteroatoms. The van der Waals surface area contributed by atoms with Crippen LogP contribution in [0.3, 0.4) is 0 Å². The highest BCUT2D eigenvalue weighted by Gasteiger charge is 1.98. The van der Waals surface area contributed by atoms with E-state index in [-0.39, 0.29) is 0 Å². The summed E-state index contributed by atoms with van der Waals surface area (Å²) in [4.78, 5) is 0.432. The summed E-state index contributed by atoms with van der Waals surface area (Å²) < 4.78 is 5.79. The van der Waals surface area contributed by atoms with Gasteiger partial charge < -0.3 is 10.5 Å². The number of rotatable bonds is 18. The molecular weight excluding hydrogens is 398 g/mol. The van der Waals surface area contributed by atoms with Crippen molar-refractivity contribution in [3.8, 4) is 5.75 Å². The first-order chi connectivity index (χ1) is 15.3. The first-order valence-electron chi connectivity index (χ1n) is 12.3. The lowest BCUT2D eigenvalue weighted by molar-refractivity contribution is 0.304. The number of benzene rings is 2. The fourth-order valence-corrected chi connectivity index (χ4v) is 4.06. The van der Waals surface area contributed by atoms with Gasteiger partial charge in [-0.05, 0) is 49.1 Å². The Morgan fingerprint density at radius 1 is 0.613 bits per heavy atom. The predicted octanol–water partition coefficient (Wildman–Crippen LogP) is 8.01. The summed E-state index contributed by atoms with van der Waals surface area (Å²) >= 11 is 4.96. The zero-order valence-electron chi connectivity index (χ0n) is 19.2. The summed E-state index contributed by atoms with van der Waals surface area (Å²) in [6.45, 7) is 0.789. The van der Waals surface area contributed by atoms with Crippen LogP contribution in [0.1, 0.15) is 94.6 Å². The molecule has 0 aliphatic rings. The molecular formula is C28H41NOS. The van der Waals surface area contributed by atoms with Crippen LogP contribution in [0.15, 0.2) is 54.6 Å². The summed E-state index contributed by atoms with van der Waals surface area (Å²) in [5.74, 6) is 0.899. The standard InChI is InChI=1S/C28H41NOS/c29-28(31)26-20-22-27(23-21-26)30-24-16-11-9-7-5-3-1-2-4-6-8-10-13-17-25-18-14-12-15-19-25/h12,14-15,18-23H,1-11,13,16-17,24H2,(H2,29,31). The molecule has 0 atom stereocenters. The molecule has 2 aromatic rings. The molecule has 0 heterocycles. The lowest BCUT2D eigenvalue weighted by atomic mass is 10.0. The molecule has 2 nitrogen and oxygen atoms in total. The van der Waals surface area contributed by atoms with Crippen molar-refractivity contribution in [2.75, 3.05) is 6.61 Å². The van der Waals surface area contributed by atoms with Gasteiger partial charge in [0.15, 0.2) is 0 Å². The molecule has 0 bridgehead atoms. The Morgan fingerprint density at radius 3 is 1.61 bits per heavy atom. The van der Waals surface area contributed by atoms with Gasteiger partial charge in [0, 0.05) is 5.56 Å². The van der Waals surface area contributed by atoms with E-state index in [1.54, 1.807) is 0 Å². The minimum atomic E-state index is 0.432. The monoisotopic (exact) mass is 439 g/mol. The van der Waals surface area contributed by atoms with E-state index in [9.17, 15) is 0 Å². The van der Waals surface area contributed by atoms with E-state index in [0.29, 0.717) is 4.99 Å². The van der Waals surface area contributed by atoms with Gasteiger partial charge in [-0.25, -0.2) is 0 Å². The summed E-state index contributed by atoms with van der Waals surface area (Å²) in [5, 5.41) is 0. The van der Waals surface area contributed by atoms with Crippen LogP contribution < -0.4 is 10.5 Å². The van der Waals surface area contributed by atoms with Gasteiger partial charge in [-0.2, -0.15) is 0 Å². The van der Waals surface area contributed by atoms with Gasteiger partial charge in [-0.3, -0.25) is 0 Å². The summed E-state index contributed by atoms with van der Waals surface area (Å²) in [5.41, 5.74) is 7.98. The topological polar surface area (TPSA) is 35.2 Å². The van der Waals surface area contributed by atoms with E-state index >= 15 is 0 Å². The Morgan fingerprint density at radius 2 is 1.10 bits per heavy atom. The van der Waals surface area contributed by atoms with Crippen LogP contribution >= 0.6 is 12.2 Å². The SMILES string of the molecule is NC(=S)c1ccc(OCCCCCCCCCCCCCCCc2ccccc2)cc1. The van der Waals surface area contributed by atoms with E-state index in [1.807, 2.05) is 24.3 Å². The number of nitrogens with two attached hydrogens (primary N) is 1. The zero-order chi connectivity index (χ0) is 22.0. The number of thiocarbonyl (C=S) groups is 1. The van der Waals surface area contributed by atoms with Crippen LogP contribution in [-0.4, -0.2) is 11.6 Å². The van der Waals surface area contributed by atoms with Gasteiger partial charge in [-0.1, -0.05) is 113 Å². The summed E-state index contributed by atoms with van der Waals surface area (Å²) in [6, 6.07) is 18.6. The van der Waals surface area contributed by atoms with Crippen LogP contribution in [0.5, 0.6) is 5.75 Å². The molecule has 0 aliphatic carbocycles. The minimum Gasteiger partial charge on any atom is -0.494 e. The largest absolute Gasteiger partial charge is 0.494 e. The number of aryl methyl sites for hydroxylation is 1. The van der Waals surface area contributed by atoms with Crippen molar-refractivity contribution in [1.29, 1.82) is 0 Å². The predicted molar refractivity (Wildman–Crippen MR) is 138 cm³/mol. The molecule has 2 aromatic carbocycles. The molecule has 170 valence electrons. The fraction of sp³-hybridized carbons (Fsp3) is 0.536. The van der Waals surface area contributed by atoms with Gasteiger partial charge in [0.05, 0.1) is 6.61 Å². The Bertz CT molecular complexity index is 699. The van der Waals surface area contributed by atoms with Gasteiger partial charge >= 0.3 is 0 Å². The van der Waals surface area contributed by atoms with Crippen LogP contribution in [0, 0.1) is 0 Å². The first kappa shape index (κ1) is 25.4. The average molecular weight is 440 g/mol. The highest BCUT2D eigenvalue weighted by atomic mass is 32.1. The molecule has 0 saturated carbocycles. The maximum absolute atomic E-state index is 5.79. The summed E-state index contributed by atoms with van der Waals surface area (Å²) in [6.07, 6.45) is 18.9. The minimum absolute atomic E-state index is 0.432. The number of hydrogen-bond acceptors (Lipinski definition) is 2. The van der Waals surface area contributed by atoms with Crippen LogP contribution in [0.4, 0.5) is 0 Å². The van der Waals surface area contributed by atoms with Gasteiger partial charge in [-0.15, -0.1) is 0 Å². The van der Waals surface area contributed by atoms with Crippen molar-refractivity contribution in [2.45, 2.75) is 89.9 Å². The van der Waals surface area contributed by atoms with Crippen molar-refractivity contribution < 1.29 is 4.74 Å². The molecule has 0 aromatic heterocycles. The van der Waals surface area contributed by atoms with Crippen molar-refractivity contribution in [3.05, 3.63) is 65.7 Å². The lowest BCUT2D eigenvalue weighted by Crippen LogP contribution is -2.08. The summed E-state index contributed by atoms with van der Waals surface area (Å²) in [7, 11) is 0. The smallest absolute Gasteiger partial charge is 0.119 e. The van der Waals surface area contributed by atoms with Crippen LogP contribution in [0.25, 0.3) is 0 Å². The van der Waals surface area contributed by atoms with Gasteiger partial charge in [0.25, 0.3) is 0 Å². The molecule has 2 rings (SSSR count). The average Bonchev–Trinajstić information content (AvgIpc) is 2.79. The second-order valence-corrected chi connectivity index (χ2v) is 9.01. The van der Waals surface area contributed by atoms with E-state index in [4.69, 9.17) is 22.7 Å². The number of unbranched alkanes of at least 4 members (excludes halogenated alkanes) is 12. The first-order valence-corrected chi connectivity index (χ1v) is 12.7. The Balaban J connectivity index is 1.29. The second-order valence-electron chi connectivity index (χ2n) is 8.57. The molecule has 0 spiro atoms. The molecule has 0 amide bonds. The third-order valence-electron chi connectivity index (χ3n) is 5.86. The molecule has 31 heavy (non-hydrogen) atoms.